The highest BCUT2D eigenvalue weighted by Crippen LogP contribution is 2.28. The van der Waals surface area contributed by atoms with Gasteiger partial charge in [-0.25, -0.2) is 12.8 Å². The fraction of sp³-hybridized carbons (Fsp3) is 0.190. The van der Waals surface area contributed by atoms with Crippen molar-refractivity contribution in [3.05, 3.63) is 76.3 Å². The van der Waals surface area contributed by atoms with E-state index in [-0.39, 0.29) is 24.8 Å². The number of hydrogen-bond acceptors (Lipinski definition) is 4. The van der Waals surface area contributed by atoms with E-state index in [0.717, 1.165) is 10.3 Å². The second kappa shape index (κ2) is 8.06. The SMILES string of the molecule is O=C(c1cc2c(F)cccc2s1)N1CCN(S(=O)(=O)/C=C/c2ccccc2)CC1. The quantitative estimate of drug-likeness (QED) is 0.633. The topological polar surface area (TPSA) is 57.7 Å². The Morgan fingerprint density at radius 1 is 1.00 bits per heavy atom. The Hall–Kier alpha value is -2.55. The minimum atomic E-state index is -3.55. The Morgan fingerprint density at radius 3 is 2.41 bits per heavy atom. The van der Waals surface area contributed by atoms with Crippen molar-refractivity contribution in [1.29, 1.82) is 0 Å². The van der Waals surface area contributed by atoms with Gasteiger partial charge in [0.05, 0.1) is 4.88 Å². The summed E-state index contributed by atoms with van der Waals surface area (Å²) in [5.41, 5.74) is 0.807. The maximum Gasteiger partial charge on any atom is 0.264 e. The van der Waals surface area contributed by atoms with Crippen molar-refractivity contribution in [3.63, 3.8) is 0 Å². The molecule has 1 amide bonds. The summed E-state index contributed by atoms with van der Waals surface area (Å²) in [6.45, 7) is 1.06. The zero-order chi connectivity index (χ0) is 20.4. The Bertz CT molecular complexity index is 1170. The Kier molecular flexibility index (Phi) is 5.49. The molecule has 2 aromatic carbocycles. The summed E-state index contributed by atoms with van der Waals surface area (Å²) < 4.78 is 41.1. The second-order valence-corrected chi connectivity index (χ2v) is 9.61. The summed E-state index contributed by atoms with van der Waals surface area (Å²) in [6.07, 6.45) is 1.57. The lowest BCUT2D eigenvalue weighted by Gasteiger charge is -2.33. The molecule has 4 rings (SSSR count). The number of hydrogen-bond donors (Lipinski definition) is 0. The number of carbonyl (C=O) groups excluding carboxylic acids is 1. The molecule has 1 aliphatic heterocycles. The lowest BCUT2D eigenvalue weighted by atomic mass is 10.2. The summed E-state index contributed by atoms with van der Waals surface area (Å²) in [7, 11) is -3.55. The lowest BCUT2D eigenvalue weighted by Crippen LogP contribution is -2.49. The van der Waals surface area contributed by atoms with Gasteiger partial charge in [-0.1, -0.05) is 36.4 Å². The summed E-state index contributed by atoms with van der Waals surface area (Å²) >= 11 is 1.25. The van der Waals surface area contributed by atoms with Crippen LogP contribution in [0.15, 0.2) is 60.0 Å². The molecule has 2 heterocycles. The molecule has 1 aromatic heterocycles. The van der Waals surface area contributed by atoms with Gasteiger partial charge in [-0.15, -0.1) is 11.3 Å². The van der Waals surface area contributed by atoms with E-state index in [0.29, 0.717) is 23.4 Å². The molecule has 1 fully saturated rings. The minimum absolute atomic E-state index is 0.192. The molecule has 0 saturated carbocycles. The molecule has 0 bridgehead atoms. The van der Waals surface area contributed by atoms with Crippen LogP contribution in [0, 0.1) is 5.82 Å². The van der Waals surface area contributed by atoms with Crippen molar-refractivity contribution in [3.8, 4) is 0 Å². The summed E-state index contributed by atoms with van der Waals surface area (Å²) in [6, 6.07) is 15.6. The van der Waals surface area contributed by atoms with E-state index in [4.69, 9.17) is 0 Å². The Labute approximate surface area is 172 Å². The van der Waals surface area contributed by atoms with E-state index in [1.165, 1.54) is 27.1 Å². The molecule has 0 spiro atoms. The number of thiophene rings is 1. The van der Waals surface area contributed by atoms with Crippen LogP contribution in [-0.4, -0.2) is 49.7 Å². The number of carbonyl (C=O) groups is 1. The molecule has 5 nitrogen and oxygen atoms in total. The Balaban J connectivity index is 1.42. The van der Waals surface area contributed by atoms with Crippen LogP contribution in [0.25, 0.3) is 16.2 Å². The van der Waals surface area contributed by atoms with E-state index in [1.54, 1.807) is 29.2 Å². The number of rotatable bonds is 4. The third-order valence-electron chi connectivity index (χ3n) is 4.84. The molecule has 8 heteroatoms. The first-order valence-electron chi connectivity index (χ1n) is 9.15. The first-order valence-corrected chi connectivity index (χ1v) is 11.5. The monoisotopic (exact) mass is 430 g/mol. The average molecular weight is 431 g/mol. The molecular formula is C21H19FN2O3S2. The average Bonchev–Trinajstić information content (AvgIpc) is 3.18. The summed E-state index contributed by atoms with van der Waals surface area (Å²) in [5, 5.41) is 1.64. The zero-order valence-corrected chi connectivity index (χ0v) is 17.1. The molecule has 3 aromatic rings. The smallest absolute Gasteiger partial charge is 0.264 e. The van der Waals surface area contributed by atoms with Crippen LogP contribution >= 0.6 is 11.3 Å². The number of benzene rings is 2. The van der Waals surface area contributed by atoms with E-state index in [9.17, 15) is 17.6 Å². The first-order chi connectivity index (χ1) is 13.9. The van der Waals surface area contributed by atoms with Crippen molar-refractivity contribution < 1.29 is 17.6 Å². The van der Waals surface area contributed by atoms with Gasteiger partial charge in [0.1, 0.15) is 5.82 Å². The summed E-state index contributed by atoms with van der Waals surface area (Å²) in [4.78, 5) is 14.9. The van der Waals surface area contributed by atoms with Gasteiger partial charge in [0.15, 0.2) is 0 Å². The van der Waals surface area contributed by atoms with E-state index < -0.39 is 10.0 Å². The van der Waals surface area contributed by atoms with Gasteiger partial charge in [-0.3, -0.25) is 4.79 Å². The fourth-order valence-electron chi connectivity index (χ4n) is 3.25. The van der Waals surface area contributed by atoms with Gasteiger partial charge >= 0.3 is 0 Å². The maximum atomic E-state index is 13.9. The maximum absolute atomic E-state index is 13.9. The van der Waals surface area contributed by atoms with Crippen LogP contribution in [0.1, 0.15) is 15.2 Å². The highest BCUT2D eigenvalue weighted by atomic mass is 32.2. The van der Waals surface area contributed by atoms with Crippen LogP contribution in [-0.2, 0) is 10.0 Å². The number of amides is 1. The number of nitrogens with zero attached hydrogens (tertiary/aromatic N) is 2. The van der Waals surface area contributed by atoms with Crippen LogP contribution in [0.2, 0.25) is 0 Å². The first kappa shape index (κ1) is 19.8. The highest BCUT2D eigenvalue weighted by Gasteiger charge is 2.28. The van der Waals surface area contributed by atoms with Crippen molar-refractivity contribution in [2.24, 2.45) is 0 Å². The van der Waals surface area contributed by atoms with Crippen molar-refractivity contribution in [2.45, 2.75) is 0 Å². The molecule has 0 aliphatic carbocycles. The van der Waals surface area contributed by atoms with Crippen LogP contribution in [0.4, 0.5) is 4.39 Å². The highest BCUT2D eigenvalue weighted by molar-refractivity contribution is 7.92. The van der Waals surface area contributed by atoms with Gasteiger partial charge in [-0.2, -0.15) is 4.31 Å². The molecule has 1 aliphatic rings. The van der Waals surface area contributed by atoms with E-state index in [1.807, 2.05) is 30.3 Å². The molecule has 0 radical (unpaired) electrons. The predicted octanol–water partition coefficient (Wildman–Crippen LogP) is 3.80. The molecule has 0 unspecified atom stereocenters. The number of fused-ring (bicyclic) bond motifs is 1. The molecule has 150 valence electrons. The minimum Gasteiger partial charge on any atom is -0.335 e. The normalized spacial score (nSPS) is 16.0. The molecule has 0 N–H and O–H groups in total. The van der Waals surface area contributed by atoms with Gasteiger partial charge < -0.3 is 4.90 Å². The fourth-order valence-corrected chi connectivity index (χ4v) is 5.46. The molecular weight excluding hydrogens is 411 g/mol. The van der Waals surface area contributed by atoms with Gasteiger partial charge in [-0.05, 0) is 29.8 Å². The van der Waals surface area contributed by atoms with Gasteiger partial charge in [0.25, 0.3) is 5.91 Å². The summed E-state index contributed by atoms with van der Waals surface area (Å²) in [5.74, 6) is -0.540. The van der Waals surface area contributed by atoms with Crippen LogP contribution < -0.4 is 0 Å². The molecule has 29 heavy (non-hydrogen) atoms. The Morgan fingerprint density at radius 2 is 1.72 bits per heavy atom. The van der Waals surface area contributed by atoms with E-state index in [2.05, 4.69) is 0 Å². The van der Waals surface area contributed by atoms with Gasteiger partial charge in [0.2, 0.25) is 10.0 Å². The third-order valence-corrected chi connectivity index (χ3v) is 7.49. The largest absolute Gasteiger partial charge is 0.335 e. The van der Waals surface area contributed by atoms with Crippen molar-refractivity contribution >= 4 is 43.4 Å². The lowest BCUT2D eigenvalue weighted by molar-refractivity contribution is 0.0703. The van der Waals surface area contributed by atoms with Crippen LogP contribution in [0.3, 0.4) is 0 Å². The van der Waals surface area contributed by atoms with Crippen molar-refractivity contribution in [1.82, 2.24) is 9.21 Å². The molecule has 1 saturated heterocycles. The third kappa shape index (κ3) is 4.24. The number of sulfonamides is 1. The van der Waals surface area contributed by atoms with Gasteiger partial charge in [0, 0.05) is 41.7 Å². The van der Waals surface area contributed by atoms with Crippen molar-refractivity contribution in [2.75, 3.05) is 26.2 Å². The van der Waals surface area contributed by atoms with E-state index >= 15 is 0 Å². The predicted molar refractivity (Wildman–Crippen MR) is 114 cm³/mol. The number of piperazine rings is 1. The zero-order valence-electron chi connectivity index (χ0n) is 15.5. The van der Waals surface area contributed by atoms with Crippen LogP contribution in [0.5, 0.6) is 0 Å². The number of halogens is 1. The molecule has 0 atom stereocenters. The second-order valence-electron chi connectivity index (χ2n) is 6.71. The standard InChI is InChI=1S/C21H19FN2O3S2/c22-18-7-4-8-19-17(18)15-20(28-19)21(25)23-10-12-24(13-11-23)29(26,27)14-9-16-5-2-1-3-6-16/h1-9,14-15H,10-13H2/b14-9+.